The van der Waals surface area contributed by atoms with Crippen LogP contribution in [0.1, 0.15) is 17.5 Å². The average molecular weight is 300 g/mol. The van der Waals surface area contributed by atoms with Gasteiger partial charge in [-0.05, 0) is 6.92 Å². The van der Waals surface area contributed by atoms with Gasteiger partial charge in [0.25, 0.3) is 0 Å². The number of aliphatic hydroxyl groups is 1. The summed E-state index contributed by atoms with van der Waals surface area (Å²) in [7, 11) is 0. The van der Waals surface area contributed by atoms with Gasteiger partial charge in [0.05, 0.1) is 43.7 Å². The second-order valence-electron chi connectivity index (χ2n) is 5.77. The number of ether oxygens (including phenoxy) is 2. The van der Waals surface area contributed by atoms with E-state index in [-0.39, 0.29) is 5.41 Å². The highest BCUT2D eigenvalue weighted by Gasteiger charge is 2.32. The second kappa shape index (κ2) is 7.47. The Morgan fingerprint density at radius 3 is 3.00 bits per heavy atom. The normalized spacial score (nSPS) is 18.8. The van der Waals surface area contributed by atoms with Crippen LogP contribution >= 0.6 is 11.3 Å². The highest BCUT2D eigenvalue weighted by molar-refractivity contribution is 7.09. The van der Waals surface area contributed by atoms with Crippen LogP contribution in [0.15, 0.2) is 5.51 Å². The molecule has 1 saturated heterocycles. The van der Waals surface area contributed by atoms with Crippen LogP contribution in [0.3, 0.4) is 0 Å². The molecule has 1 fully saturated rings. The first-order valence-electron chi connectivity index (χ1n) is 7.02. The molecule has 114 valence electrons. The molecule has 0 spiro atoms. The number of nitrogens with zero attached hydrogens (tertiary/aromatic N) is 1. The first kappa shape index (κ1) is 15.9. The molecule has 0 saturated carbocycles. The fourth-order valence-corrected chi connectivity index (χ4v) is 2.86. The van der Waals surface area contributed by atoms with Crippen molar-refractivity contribution in [2.75, 3.05) is 39.5 Å². The maximum Gasteiger partial charge on any atom is 0.0897 e. The summed E-state index contributed by atoms with van der Waals surface area (Å²) in [5.41, 5.74) is 3.18. The molecule has 2 rings (SSSR count). The van der Waals surface area contributed by atoms with E-state index in [0.29, 0.717) is 19.8 Å². The molecule has 0 amide bonds. The predicted octanol–water partition coefficient (Wildman–Crippen LogP) is 0.998. The Morgan fingerprint density at radius 2 is 2.40 bits per heavy atom. The lowest BCUT2D eigenvalue weighted by molar-refractivity contribution is -0.1000. The van der Waals surface area contributed by atoms with Crippen molar-refractivity contribution in [1.82, 2.24) is 10.3 Å². The Morgan fingerprint density at radius 1 is 1.60 bits per heavy atom. The van der Waals surface area contributed by atoms with Crippen LogP contribution < -0.4 is 5.32 Å². The van der Waals surface area contributed by atoms with Crippen molar-refractivity contribution in [3.05, 3.63) is 16.1 Å². The van der Waals surface area contributed by atoms with Crippen molar-refractivity contribution in [3.8, 4) is 0 Å². The van der Waals surface area contributed by atoms with Crippen molar-refractivity contribution in [3.63, 3.8) is 0 Å². The zero-order valence-electron chi connectivity index (χ0n) is 12.2. The van der Waals surface area contributed by atoms with Gasteiger partial charge in [0.15, 0.2) is 0 Å². The lowest BCUT2D eigenvalue weighted by Gasteiger charge is -2.38. The topological polar surface area (TPSA) is 63.6 Å². The summed E-state index contributed by atoms with van der Waals surface area (Å²) in [5, 5.41) is 13.1. The number of aromatic nitrogens is 1. The summed E-state index contributed by atoms with van der Waals surface area (Å²) in [4.78, 5) is 5.46. The zero-order valence-corrected chi connectivity index (χ0v) is 13.0. The van der Waals surface area contributed by atoms with E-state index in [4.69, 9.17) is 9.47 Å². The third-order valence-electron chi connectivity index (χ3n) is 3.46. The number of thiazole rings is 1. The number of aryl methyl sites for hydroxylation is 1. The molecule has 1 aromatic rings. The number of rotatable bonds is 9. The Kier molecular flexibility index (Phi) is 5.92. The summed E-state index contributed by atoms with van der Waals surface area (Å²) >= 11 is 1.66. The molecule has 1 aliphatic heterocycles. The zero-order chi connectivity index (χ0) is 14.4. The van der Waals surface area contributed by atoms with E-state index in [9.17, 15) is 5.11 Å². The first-order valence-corrected chi connectivity index (χ1v) is 7.90. The maximum absolute atomic E-state index is 9.82. The van der Waals surface area contributed by atoms with E-state index in [1.807, 2.05) is 12.4 Å². The van der Waals surface area contributed by atoms with Crippen LogP contribution in [-0.2, 0) is 15.9 Å². The summed E-state index contributed by atoms with van der Waals surface area (Å²) in [5.74, 6) is 0. The number of hydrogen-bond donors (Lipinski definition) is 2. The lowest BCUT2D eigenvalue weighted by atomic mass is 9.89. The first-order chi connectivity index (χ1) is 9.59. The quantitative estimate of drug-likeness (QED) is 0.666. The fourth-order valence-electron chi connectivity index (χ4n) is 2.10. The van der Waals surface area contributed by atoms with Crippen LogP contribution in [0, 0.1) is 12.3 Å². The van der Waals surface area contributed by atoms with E-state index in [2.05, 4.69) is 17.2 Å². The Hall–Kier alpha value is -0.530. The van der Waals surface area contributed by atoms with E-state index < -0.39 is 6.10 Å². The van der Waals surface area contributed by atoms with Crippen LogP contribution in [0.2, 0.25) is 0 Å². The number of aliphatic hydroxyl groups excluding tert-OH is 1. The van der Waals surface area contributed by atoms with Crippen LogP contribution in [0.4, 0.5) is 0 Å². The largest absolute Gasteiger partial charge is 0.389 e. The molecule has 2 N–H and O–H groups in total. The predicted molar refractivity (Wildman–Crippen MR) is 79.2 cm³/mol. The van der Waals surface area contributed by atoms with Crippen molar-refractivity contribution in [1.29, 1.82) is 0 Å². The van der Waals surface area contributed by atoms with Gasteiger partial charge in [-0.15, -0.1) is 11.3 Å². The molecular formula is C14H24N2O3S. The molecule has 5 nitrogen and oxygen atoms in total. The smallest absolute Gasteiger partial charge is 0.0897 e. The van der Waals surface area contributed by atoms with Gasteiger partial charge in [0.2, 0.25) is 0 Å². The molecule has 6 heteroatoms. The lowest BCUT2D eigenvalue weighted by Crippen LogP contribution is -2.48. The molecule has 2 heterocycles. The van der Waals surface area contributed by atoms with Crippen molar-refractivity contribution >= 4 is 11.3 Å². The fraction of sp³-hybridized carbons (Fsp3) is 0.786. The van der Waals surface area contributed by atoms with E-state index in [1.54, 1.807) is 11.3 Å². The molecule has 1 aliphatic rings. The van der Waals surface area contributed by atoms with Gasteiger partial charge in [-0.2, -0.15) is 0 Å². The molecule has 0 aliphatic carbocycles. The maximum atomic E-state index is 9.82. The van der Waals surface area contributed by atoms with Gasteiger partial charge in [0.1, 0.15) is 0 Å². The van der Waals surface area contributed by atoms with E-state index in [0.717, 1.165) is 31.9 Å². The van der Waals surface area contributed by atoms with Gasteiger partial charge < -0.3 is 19.9 Å². The van der Waals surface area contributed by atoms with Gasteiger partial charge >= 0.3 is 0 Å². The highest BCUT2D eigenvalue weighted by atomic mass is 32.1. The molecule has 1 aromatic heterocycles. The molecule has 1 atom stereocenters. The summed E-state index contributed by atoms with van der Waals surface area (Å²) in [6.07, 6.45) is 0.411. The molecule has 1 unspecified atom stereocenters. The Bertz CT molecular complexity index is 407. The monoisotopic (exact) mass is 300 g/mol. The third kappa shape index (κ3) is 4.79. The minimum absolute atomic E-state index is 0.240. The van der Waals surface area contributed by atoms with E-state index >= 15 is 0 Å². The number of hydrogen-bond acceptors (Lipinski definition) is 6. The average Bonchev–Trinajstić information content (AvgIpc) is 2.78. The molecule has 20 heavy (non-hydrogen) atoms. The van der Waals surface area contributed by atoms with Crippen LogP contribution in [-0.4, -0.2) is 55.7 Å². The van der Waals surface area contributed by atoms with Crippen molar-refractivity contribution in [2.45, 2.75) is 26.4 Å². The summed E-state index contributed by atoms with van der Waals surface area (Å²) < 4.78 is 10.7. The van der Waals surface area contributed by atoms with Gasteiger partial charge in [-0.3, -0.25) is 0 Å². The van der Waals surface area contributed by atoms with Gasteiger partial charge in [-0.1, -0.05) is 6.92 Å². The highest BCUT2D eigenvalue weighted by Crippen LogP contribution is 2.24. The summed E-state index contributed by atoms with van der Waals surface area (Å²) in [6, 6.07) is 0. The molecular weight excluding hydrogens is 276 g/mol. The second-order valence-corrected chi connectivity index (χ2v) is 6.71. The minimum atomic E-state index is -0.456. The molecule has 0 bridgehead atoms. The van der Waals surface area contributed by atoms with E-state index in [1.165, 1.54) is 4.88 Å². The summed E-state index contributed by atoms with van der Waals surface area (Å²) in [6.45, 7) is 8.25. The Balaban J connectivity index is 1.49. The Labute approximate surface area is 124 Å². The molecule has 0 radical (unpaired) electrons. The van der Waals surface area contributed by atoms with Crippen LogP contribution in [0.25, 0.3) is 0 Å². The molecule has 0 aromatic carbocycles. The third-order valence-corrected chi connectivity index (χ3v) is 4.46. The number of nitrogens with one attached hydrogen (secondary N) is 1. The van der Waals surface area contributed by atoms with Crippen molar-refractivity contribution in [2.24, 2.45) is 5.41 Å². The van der Waals surface area contributed by atoms with Crippen LogP contribution in [0.5, 0.6) is 0 Å². The van der Waals surface area contributed by atoms with Crippen molar-refractivity contribution < 1.29 is 14.6 Å². The minimum Gasteiger partial charge on any atom is -0.389 e. The van der Waals surface area contributed by atoms with Gasteiger partial charge in [0, 0.05) is 29.8 Å². The van der Waals surface area contributed by atoms with Gasteiger partial charge in [-0.25, -0.2) is 4.98 Å². The standard InChI is InChI=1S/C14H24N2O3S/c1-11-13(20-10-16-11)3-4-18-6-12(17)5-15-7-14(2)8-19-9-14/h10,12,15,17H,3-9H2,1-2H3. The SMILES string of the molecule is Cc1ncsc1CCOCC(O)CNCC1(C)COC1.